The van der Waals surface area contributed by atoms with Crippen LogP contribution in [0.4, 0.5) is 0 Å². The van der Waals surface area contributed by atoms with Crippen molar-refractivity contribution in [3.8, 4) is 0 Å². The van der Waals surface area contributed by atoms with Crippen LogP contribution in [-0.2, 0) is 0 Å². The van der Waals surface area contributed by atoms with Crippen LogP contribution in [-0.4, -0.2) is 0 Å². The van der Waals surface area contributed by atoms with Crippen LogP contribution in [0.3, 0.4) is 0 Å². The number of rotatable bonds is 0. The molecule has 0 amide bonds. The summed E-state index contributed by atoms with van der Waals surface area (Å²) < 4.78 is 0. The van der Waals surface area contributed by atoms with E-state index >= 15 is 0 Å². The highest BCUT2D eigenvalue weighted by Crippen LogP contribution is 2.76. The van der Waals surface area contributed by atoms with Gasteiger partial charge < -0.3 is 0 Å². The minimum atomic E-state index is 0.603. The van der Waals surface area contributed by atoms with Crippen molar-refractivity contribution in [1.29, 1.82) is 0 Å². The van der Waals surface area contributed by atoms with E-state index in [0.29, 0.717) is 10.8 Å². The second kappa shape index (κ2) is 6.26. The van der Waals surface area contributed by atoms with Gasteiger partial charge in [-0.15, -0.1) is 0 Å². The molecule has 0 aliphatic heterocycles. The van der Waals surface area contributed by atoms with Gasteiger partial charge in [0.15, 0.2) is 0 Å². The zero-order valence-electron chi connectivity index (χ0n) is 19.3. The van der Waals surface area contributed by atoms with E-state index < -0.39 is 0 Å². The molecule has 0 spiro atoms. The fraction of sp³-hybridized carbons (Fsp3) is 1.00. The van der Waals surface area contributed by atoms with Crippen molar-refractivity contribution in [3.05, 3.63) is 0 Å². The quantitative estimate of drug-likeness (QED) is 0.398. The molecular formula is C28H46. The normalized spacial score (nSPS) is 56.1. The van der Waals surface area contributed by atoms with Crippen LogP contribution in [0.5, 0.6) is 0 Å². The minimum absolute atomic E-state index is 0.603. The van der Waals surface area contributed by atoms with Crippen molar-refractivity contribution in [2.24, 2.45) is 70.0 Å². The summed E-state index contributed by atoms with van der Waals surface area (Å²) in [6.45, 7) is 11.1. The van der Waals surface area contributed by atoms with E-state index in [9.17, 15) is 0 Å². The predicted molar refractivity (Wildman–Crippen MR) is 118 cm³/mol. The molecule has 6 saturated carbocycles. The first-order valence-electron chi connectivity index (χ1n) is 13.4. The van der Waals surface area contributed by atoms with Gasteiger partial charge >= 0.3 is 0 Å². The average molecular weight is 383 g/mol. The fourth-order valence-electron chi connectivity index (χ4n) is 11.8. The molecule has 0 nitrogen and oxygen atoms in total. The zero-order valence-corrected chi connectivity index (χ0v) is 19.3. The Balaban J connectivity index is 1.50. The summed E-state index contributed by atoms with van der Waals surface area (Å²) >= 11 is 0. The number of fused-ring (bicyclic) bond motifs is 10. The maximum atomic E-state index is 2.76. The van der Waals surface area contributed by atoms with E-state index in [-0.39, 0.29) is 0 Å². The van der Waals surface area contributed by atoms with E-state index in [2.05, 4.69) is 27.7 Å². The molecule has 158 valence electrons. The van der Waals surface area contributed by atoms with Gasteiger partial charge in [-0.3, -0.25) is 0 Å². The van der Waals surface area contributed by atoms with Crippen molar-refractivity contribution in [3.63, 3.8) is 0 Å². The molecule has 0 bridgehead atoms. The van der Waals surface area contributed by atoms with Gasteiger partial charge in [0, 0.05) is 0 Å². The van der Waals surface area contributed by atoms with Crippen molar-refractivity contribution in [2.45, 2.75) is 105 Å². The Hall–Kier alpha value is 0. The van der Waals surface area contributed by atoms with Crippen LogP contribution >= 0.6 is 0 Å². The standard InChI is InChI=1S/C28H46/c1-27(2)21-15-9-7-13-19(21)23-17-11-5-6-12-18(17)24-20-14-8-10-16-22(20)28(3,4)26(24)25(23)27/h17-26H,5-16H2,1-4H3. The highest BCUT2D eigenvalue weighted by Gasteiger charge is 2.71. The third-order valence-electron chi connectivity index (χ3n) is 12.3. The minimum Gasteiger partial charge on any atom is -0.0593 e. The Kier molecular flexibility index (Phi) is 4.19. The Morgan fingerprint density at radius 1 is 0.429 bits per heavy atom. The molecule has 0 heterocycles. The van der Waals surface area contributed by atoms with E-state index in [0.717, 1.165) is 59.2 Å². The van der Waals surface area contributed by atoms with Gasteiger partial charge in [0.2, 0.25) is 0 Å². The lowest BCUT2D eigenvalue weighted by molar-refractivity contribution is -0.0917. The zero-order chi connectivity index (χ0) is 19.3. The third-order valence-corrected chi connectivity index (χ3v) is 12.3. The molecule has 6 fully saturated rings. The SMILES string of the molecule is CC1(C)C2CCCCC2C2C3CCCCC3C3C4CCCCC4C(C)(C)C3C21. The Morgan fingerprint density at radius 2 is 0.750 bits per heavy atom. The monoisotopic (exact) mass is 382 g/mol. The van der Waals surface area contributed by atoms with Gasteiger partial charge in [-0.2, -0.15) is 0 Å². The van der Waals surface area contributed by atoms with Crippen LogP contribution in [0, 0.1) is 70.0 Å². The predicted octanol–water partition coefficient (Wildman–Crippen LogP) is 7.96. The summed E-state index contributed by atoms with van der Waals surface area (Å²) in [5.74, 6) is 10.8. The van der Waals surface area contributed by atoms with Crippen molar-refractivity contribution in [1.82, 2.24) is 0 Å². The summed E-state index contributed by atoms with van der Waals surface area (Å²) in [6.07, 6.45) is 18.8. The van der Waals surface area contributed by atoms with Crippen LogP contribution in [0.1, 0.15) is 105 Å². The highest BCUT2D eigenvalue weighted by atomic mass is 14.8. The van der Waals surface area contributed by atoms with E-state index in [4.69, 9.17) is 0 Å². The summed E-state index contributed by atoms with van der Waals surface area (Å²) in [5, 5.41) is 0. The Labute approximate surface area is 175 Å². The third kappa shape index (κ3) is 2.25. The van der Waals surface area contributed by atoms with Crippen molar-refractivity contribution in [2.75, 3.05) is 0 Å². The lowest BCUT2D eigenvalue weighted by Crippen LogP contribution is -2.52. The first-order chi connectivity index (χ1) is 13.4. The molecule has 10 unspecified atom stereocenters. The lowest BCUT2D eigenvalue weighted by Gasteiger charge is -2.57. The molecule has 0 aromatic carbocycles. The molecule has 0 aromatic heterocycles. The Morgan fingerprint density at radius 3 is 1.14 bits per heavy atom. The molecule has 6 rings (SSSR count). The Bertz CT molecular complexity index is 560. The maximum Gasteiger partial charge on any atom is -0.0289 e. The molecule has 28 heavy (non-hydrogen) atoms. The van der Waals surface area contributed by atoms with E-state index in [1.54, 1.807) is 64.2 Å². The van der Waals surface area contributed by atoms with Gasteiger partial charge in [-0.05, 0) is 109 Å². The molecular weight excluding hydrogens is 336 g/mol. The molecule has 6 aliphatic rings. The molecule has 0 N–H and O–H groups in total. The first kappa shape index (κ1) is 18.7. The van der Waals surface area contributed by atoms with Crippen LogP contribution in [0.25, 0.3) is 0 Å². The molecule has 0 aromatic rings. The van der Waals surface area contributed by atoms with Crippen molar-refractivity contribution >= 4 is 0 Å². The highest BCUT2D eigenvalue weighted by molar-refractivity contribution is 5.18. The molecule has 10 atom stereocenters. The first-order valence-corrected chi connectivity index (χ1v) is 13.4. The second-order valence-electron chi connectivity index (χ2n) is 13.6. The van der Waals surface area contributed by atoms with E-state index in [1.807, 2.05) is 0 Å². The number of hydrogen-bond donors (Lipinski definition) is 0. The van der Waals surface area contributed by atoms with Crippen molar-refractivity contribution < 1.29 is 0 Å². The average Bonchev–Trinajstić information content (AvgIpc) is 3.09. The lowest BCUT2D eigenvalue weighted by atomic mass is 9.48. The second-order valence-corrected chi connectivity index (χ2v) is 13.6. The largest absolute Gasteiger partial charge is 0.0593 e. The topological polar surface area (TPSA) is 0 Å². The summed E-state index contributed by atoms with van der Waals surface area (Å²) in [6, 6.07) is 0. The summed E-state index contributed by atoms with van der Waals surface area (Å²) in [4.78, 5) is 0. The molecule has 6 aliphatic carbocycles. The smallest absolute Gasteiger partial charge is 0.0289 e. The number of hydrogen-bond acceptors (Lipinski definition) is 0. The molecule has 0 saturated heterocycles. The van der Waals surface area contributed by atoms with Gasteiger partial charge in [-0.25, -0.2) is 0 Å². The van der Waals surface area contributed by atoms with Gasteiger partial charge in [0.25, 0.3) is 0 Å². The molecule has 0 heteroatoms. The van der Waals surface area contributed by atoms with Crippen LogP contribution < -0.4 is 0 Å². The van der Waals surface area contributed by atoms with E-state index in [1.165, 1.54) is 12.8 Å². The summed E-state index contributed by atoms with van der Waals surface area (Å²) in [5.41, 5.74) is 1.21. The van der Waals surface area contributed by atoms with Gasteiger partial charge in [-0.1, -0.05) is 66.2 Å². The summed E-state index contributed by atoms with van der Waals surface area (Å²) in [7, 11) is 0. The molecule has 0 radical (unpaired) electrons. The van der Waals surface area contributed by atoms with Crippen LogP contribution in [0.15, 0.2) is 0 Å². The van der Waals surface area contributed by atoms with Gasteiger partial charge in [0.05, 0.1) is 0 Å². The van der Waals surface area contributed by atoms with Gasteiger partial charge in [0.1, 0.15) is 0 Å². The maximum absolute atomic E-state index is 2.76. The fourth-order valence-corrected chi connectivity index (χ4v) is 11.8. The van der Waals surface area contributed by atoms with Crippen LogP contribution in [0.2, 0.25) is 0 Å².